The molecule has 0 amide bonds. The number of ether oxygens (including phenoxy) is 1. The van der Waals surface area contributed by atoms with E-state index >= 15 is 0 Å². The number of rotatable bonds is 12. The first kappa shape index (κ1) is 26.6. The Morgan fingerprint density at radius 2 is 2.00 bits per heavy atom. The molecule has 2 aromatic heterocycles. The van der Waals surface area contributed by atoms with Crippen LogP contribution in [0.1, 0.15) is 31.4 Å². The summed E-state index contributed by atoms with van der Waals surface area (Å²) < 4.78 is 7.24. The van der Waals surface area contributed by atoms with Crippen molar-refractivity contribution in [3.8, 4) is 0 Å². The molecule has 2 aromatic rings. The average Bonchev–Trinajstić information content (AvgIpc) is 3.39. The van der Waals surface area contributed by atoms with Crippen LogP contribution in [-0.2, 0) is 17.8 Å². The second-order valence-corrected chi connectivity index (χ2v) is 9.16. The van der Waals surface area contributed by atoms with E-state index in [4.69, 9.17) is 31.1 Å². The predicted octanol–water partition coefficient (Wildman–Crippen LogP) is -1.35. The van der Waals surface area contributed by atoms with Crippen LogP contribution < -0.4 is 26.8 Å². The van der Waals surface area contributed by atoms with Crippen molar-refractivity contribution in [3.63, 3.8) is 0 Å². The van der Waals surface area contributed by atoms with Gasteiger partial charge in [-0.1, -0.05) is 5.21 Å². The molecule has 2 saturated heterocycles. The molecule has 2 fully saturated rings. The number of amidine groups is 1. The van der Waals surface area contributed by atoms with Gasteiger partial charge in [0.1, 0.15) is 17.3 Å². The lowest BCUT2D eigenvalue weighted by Crippen LogP contribution is -2.43. The Morgan fingerprint density at radius 3 is 2.76 bits per heavy atom. The van der Waals surface area contributed by atoms with E-state index in [1.54, 1.807) is 4.68 Å². The first-order valence-corrected chi connectivity index (χ1v) is 12.8. The minimum absolute atomic E-state index is 0.124. The number of morpholine rings is 1. The maximum atomic E-state index is 9.01. The molecule has 7 N–H and O–H groups in total. The van der Waals surface area contributed by atoms with Crippen molar-refractivity contribution in [2.75, 3.05) is 68.1 Å². The number of nitrogens with one attached hydrogen (secondary N) is 2. The number of aromatic nitrogens is 5. The Kier molecular flexibility index (Phi) is 9.90. The van der Waals surface area contributed by atoms with Gasteiger partial charge in [-0.05, 0) is 19.3 Å². The lowest BCUT2D eigenvalue weighted by Gasteiger charge is -2.32. The van der Waals surface area contributed by atoms with Crippen molar-refractivity contribution < 1.29 is 15.3 Å². The summed E-state index contributed by atoms with van der Waals surface area (Å²) in [7, 11) is 0. The number of nitrogens with zero attached hydrogens (tertiary/aromatic N) is 9. The number of aryl methyl sites for hydroxylation is 1. The number of aliphatic hydroxyl groups excluding tert-OH is 1. The summed E-state index contributed by atoms with van der Waals surface area (Å²) in [5, 5.41) is 36.9. The molecule has 0 aliphatic carbocycles. The Labute approximate surface area is 216 Å². The summed E-state index contributed by atoms with van der Waals surface area (Å²) in [6.45, 7) is 6.90. The summed E-state index contributed by atoms with van der Waals surface area (Å²) in [4.78, 5) is 14.1. The largest absolute Gasteiger partial charge is 0.396 e. The molecule has 37 heavy (non-hydrogen) atoms. The van der Waals surface area contributed by atoms with Crippen molar-refractivity contribution in [2.45, 2.75) is 44.8 Å². The summed E-state index contributed by atoms with van der Waals surface area (Å²) in [6.07, 6.45) is 5.15. The van der Waals surface area contributed by atoms with Gasteiger partial charge >= 0.3 is 5.84 Å². The number of piperidine rings is 1. The summed E-state index contributed by atoms with van der Waals surface area (Å²) in [6, 6.07) is 2.33. The highest BCUT2D eigenvalue weighted by atomic mass is 16.5. The van der Waals surface area contributed by atoms with Crippen LogP contribution in [0.15, 0.2) is 22.6 Å². The lowest BCUT2D eigenvalue weighted by atomic mass is 10.0. The van der Waals surface area contributed by atoms with Gasteiger partial charge in [0.2, 0.25) is 5.95 Å². The van der Waals surface area contributed by atoms with Crippen molar-refractivity contribution in [1.82, 2.24) is 29.9 Å². The van der Waals surface area contributed by atoms with E-state index in [-0.39, 0.29) is 6.61 Å². The number of hydrogen-bond acceptors (Lipinski definition) is 11. The molecule has 0 radical (unpaired) electrons. The Morgan fingerprint density at radius 1 is 1.19 bits per heavy atom. The molecule has 0 atom stereocenters. The smallest absolute Gasteiger partial charge is 0.320 e. The van der Waals surface area contributed by atoms with Crippen LogP contribution in [0.5, 0.6) is 0 Å². The van der Waals surface area contributed by atoms with Gasteiger partial charge in [0, 0.05) is 63.2 Å². The highest BCUT2D eigenvalue weighted by Gasteiger charge is 2.22. The number of nitrogens with two attached hydrogens (primary N) is 2. The normalized spacial score (nSPS) is 17.4. The number of aliphatic hydroxyl groups is 1. The first-order chi connectivity index (χ1) is 18.1. The van der Waals surface area contributed by atoms with Crippen molar-refractivity contribution in [2.24, 2.45) is 16.2 Å². The fourth-order valence-electron chi connectivity index (χ4n) is 4.38. The lowest BCUT2D eigenvalue weighted by molar-refractivity contribution is -0.118. The summed E-state index contributed by atoms with van der Waals surface area (Å²) >= 11 is 0. The Balaban J connectivity index is 1.36. The van der Waals surface area contributed by atoms with Gasteiger partial charge in [-0.2, -0.15) is 9.97 Å². The molecule has 2 aliphatic heterocycles. The van der Waals surface area contributed by atoms with Gasteiger partial charge in [0.05, 0.1) is 37.5 Å². The number of hydrogen-bond donors (Lipinski definition) is 5. The maximum Gasteiger partial charge on any atom is 0.320 e. The third-order valence-electron chi connectivity index (χ3n) is 6.42. The third-order valence-corrected chi connectivity index (χ3v) is 6.42. The second-order valence-electron chi connectivity index (χ2n) is 9.16. The van der Waals surface area contributed by atoms with Crippen LogP contribution in [0, 0.1) is 0 Å². The molecule has 15 nitrogen and oxygen atoms in total. The minimum Gasteiger partial charge on any atom is -0.396 e. The quantitative estimate of drug-likeness (QED) is 0.0736. The SMILES string of the molecule is NN=NC(=[NH2+])CCN1CCC(Nc2cc(N3CCOCC3)nc(NCc3cn(CCCO)nn3)n2)CC1. The monoisotopic (exact) mass is 516 g/mol. The third kappa shape index (κ3) is 8.30. The van der Waals surface area contributed by atoms with Crippen molar-refractivity contribution in [1.29, 1.82) is 0 Å². The zero-order valence-corrected chi connectivity index (χ0v) is 21.2. The van der Waals surface area contributed by atoms with Gasteiger partial charge in [-0.3, -0.25) is 15.9 Å². The molecular weight excluding hydrogens is 478 g/mol. The maximum absolute atomic E-state index is 9.01. The first-order valence-electron chi connectivity index (χ1n) is 12.8. The second kappa shape index (κ2) is 13.8. The van der Waals surface area contributed by atoms with E-state index in [0.29, 0.717) is 57.0 Å². The van der Waals surface area contributed by atoms with Crippen molar-refractivity contribution >= 4 is 23.4 Å². The van der Waals surface area contributed by atoms with E-state index < -0.39 is 0 Å². The van der Waals surface area contributed by atoms with Gasteiger partial charge in [0.15, 0.2) is 0 Å². The molecule has 0 spiro atoms. The van der Waals surface area contributed by atoms with Crippen LogP contribution in [0.2, 0.25) is 0 Å². The highest BCUT2D eigenvalue weighted by Crippen LogP contribution is 2.22. The van der Waals surface area contributed by atoms with E-state index in [1.165, 1.54) is 0 Å². The van der Waals surface area contributed by atoms with Crippen LogP contribution >= 0.6 is 0 Å². The van der Waals surface area contributed by atoms with Gasteiger partial charge in [0.25, 0.3) is 0 Å². The Hall–Kier alpha value is -3.43. The van der Waals surface area contributed by atoms with E-state index in [1.807, 2.05) is 12.3 Å². The molecular formula is C22H38N13O2+. The Bertz CT molecular complexity index is 1020. The van der Waals surface area contributed by atoms with Crippen LogP contribution in [0.25, 0.3) is 0 Å². The van der Waals surface area contributed by atoms with Crippen LogP contribution in [0.3, 0.4) is 0 Å². The van der Waals surface area contributed by atoms with E-state index in [0.717, 1.165) is 62.9 Å². The topological polar surface area (TPSA) is 193 Å². The predicted molar refractivity (Wildman–Crippen MR) is 138 cm³/mol. The van der Waals surface area contributed by atoms with Crippen LogP contribution in [0.4, 0.5) is 17.6 Å². The zero-order valence-electron chi connectivity index (χ0n) is 21.2. The highest BCUT2D eigenvalue weighted by molar-refractivity contribution is 5.76. The molecule has 15 heteroatoms. The van der Waals surface area contributed by atoms with Gasteiger partial charge in [-0.15, -0.1) is 5.10 Å². The van der Waals surface area contributed by atoms with Gasteiger partial charge < -0.3 is 30.3 Å². The summed E-state index contributed by atoms with van der Waals surface area (Å²) in [5.74, 6) is 7.71. The fourth-order valence-corrected chi connectivity index (χ4v) is 4.38. The molecule has 2 aliphatic rings. The number of anilines is 3. The number of likely N-dealkylation sites (tertiary alicyclic amines) is 1. The standard InChI is InChI=1S/C22H37N13O2/c23-19(30-31-24)4-8-33-6-2-17(3-7-33)26-20-14-21(34-9-12-37-13-10-34)28-22(27-20)25-15-18-16-35(32-29-18)5-1-11-36/h14,16-17,36H,1-13,15H2,(H3,23,24,30)(H2,25,26,27,28)/p+1. The zero-order chi connectivity index (χ0) is 25.9. The molecule has 202 valence electrons. The molecule has 4 heterocycles. The summed E-state index contributed by atoms with van der Waals surface area (Å²) in [5.41, 5.74) is 0.783. The van der Waals surface area contributed by atoms with E-state index in [2.05, 4.69) is 41.1 Å². The van der Waals surface area contributed by atoms with Gasteiger partial charge in [-0.25, -0.2) is 0 Å². The fraction of sp³-hybridized carbons (Fsp3) is 0.682. The molecule has 0 aromatic carbocycles. The minimum atomic E-state index is 0.124. The molecule has 4 rings (SSSR count). The van der Waals surface area contributed by atoms with E-state index in [9.17, 15) is 0 Å². The average molecular weight is 517 g/mol. The molecule has 0 bridgehead atoms. The molecule has 0 unspecified atom stereocenters. The van der Waals surface area contributed by atoms with Crippen molar-refractivity contribution in [3.05, 3.63) is 18.0 Å². The van der Waals surface area contributed by atoms with Crippen LogP contribution in [-0.4, -0.2) is 99.4 Å². The molecule has 0 saturated carbocycles.